The van der Waals surface area contributed by atoms with Gasteiger partial charge in [-0.1, -0.05) is 6.07 Å². The van der Waals surface area contributed by atoms with E-state index in [9.17, 15) is 22.8 Å². The molecule has 0 saturated carbocycles. The minimum absolute atomic E-state index is 0.0795. The van der Waals surface area contributed by atoms with Gasteiger partial charge in [0.25, 0.3) is 0 Å². The van der Waals surface area contributed by atoms with E-state index in [0.29, 0.717) is 0 Å². The van der Waals surface area contributed by atoms with E-state index < -0.39 is 29.5 Å². The molecule has 1 aromatic carbocycles. The van der Waals surface area contributed by atoms with Crippen LogP contribution in [0, 0.1) is 6.92 Å². The van der Waals surface area contributed by atoms with Crippen LogP contribution in [-0.2, 0) is 10.9 Å². The zero-order valence-corrected chi connectivity index (χ0v) is 15.1. The lowest BCUT2D eigenvalue weighted by Gasteiger charge is -2.22. The second-order valence-electron chi connectivity index (χ2n) is 7.08. The quantitative estimate of drug-likeness (QED) is 0.762. The zero-order chi connectivity index (χ0) is 19.4. The van der Waals surface area contributed by atoms with E-state index >= 15 is 0 Å². The van der Waals surface area contributed by atoms with Crippen molar-refractivity contribution in [1.82, 2.24) is 5.32 Å². The highest BCUT2D eigenvalue weighted by Gasteiger charge is 2.31. The van der Waals surface area contributed by atoms with Crippen molar-refractivity contribution in [1.29, 1.82) is 0 Å². The Kier molecular flexibility index (Phi) is 6.62. The Labute approximate surface area is 145 Å². The first-order valence-corrected chi connectivity index (χ1v) is 7.99. The van der Waals surface area contributed by atoms with Crippen LogP contribution < -0.4 is 5.32 Å². The Morgan fingerprint density at radius 3 is 2.28 bits per heavy atom. The molecule has 0 aliphatic carbocycles. The molecule has 1 aromatic rings. The molecule has 1 atom stereocenters. The number of hydrogen-bond donors (Lipinski definition) is 1. The smallest absolute Gasteiger partial charge is 0.416 e. The fourth-order valence-corrected chi connectivity index (χ4v) is 2.20. The van der Waals surface area contributed by atoms with E-state index in [1.807, 2.05) is 20.8 Å². The van der Waals surface area contributed by atoms with Crippen molar-refractivity contribution in [2.45, 2.75) is 65.3 Å². The highest BCUT2D eigenvalue weighted by molar-refractivity contribution is 5.97. The number of ether oxygens (including phenoxy) is 1. The van der Waals surface area contributed by atoms with Crippen LogP contribution in [0.4, 0.5) is 18.0 Å². The lowest BCUT2D eigenvalue weighted by Crippen LogP contribution is -2.42. The number of amides is 1. The number of hydrogen-bond acceptors (Lipinski definition) is 3. The van der Waals surface area contributed by atoms with Crippen LogP contribution in [-0.4, -0.2) is 23.5 Å². The Hall–Kier alpha value is -2.05. The second kappa shape index (κ2) is 7.89. The number of carbonyl (C=O) groups excluding carboxylic acids is 2. The minimum atomic E-state index is -4.44. The van der Waals surface area contributed by atoms with Gasteiger partial charge in [-0.3, -0.25) is 4.79 Å². The molecule has 25 heavy (non-hydrogen) atoms. The minimum Gasteiger partial charge on any atom is -0.447 e. The summed E-state index contributed by atoms with van der Waals surface area (Å²) in [5, 5.41) is 2.65. The molecular weight excluding hydrogens is 335 g/mol. The number of aryl methyl sites for hydroxylation is 1. The molecule has 1 rings (SSSR count). The summed E-state index contributed by atoms with van der Waals surface area (Å²) in [6.07, 6.45) is -5.12. The standard InChI is InChI=1S/C18H24F3NO3/c1-11-10-13(18(19,20)21)7-8-14(11)15(23)9-6-12(2)25-16(24)22-17(3,4)5/h7-8,10,12H,6,9H2,1-5H3,(H,22,24). The SMILES string of the molecule is Cc1cc(C(F)(F)F)ccc1C(=O)CCC(C)OC(=O)NC(C)(C)C. The summed E-state index contributed by atoms with van der Waals surface area (Å²) >= 11 is 0. The van der Waals surface area contributed by atoms with Gasteiger partial charge < -0.3 is 10.1 Å². The lowest BCUT2D eigenvalue weighted by molar-refractivity contribution is -0.137. The molecule has 0 bridgehead atoms. The maximum Gasteiger partial charge on any atom is 0.416 e. The number of carbonyl (C=O) groups is 2. The summed E-state index contributed by atoms with van der Waals surface area (Å²) in [7, 11) is 0. The largest absolute Gasteiger partial charge is 0.447 e. The van der Waals surface area contributed by atoms with Gasteiger partial charge >= 0.3 is 12.3 Å². The molecule has 1 unspecified atom stereocenters. The van der Waals surface area contributed by atoms with Crippen LogP contribution in [0.15, 0.2) is 18.2 Å². The third-order valence-corrected chi connectivity index (χ3v) is 3.42. The average molecular weight is 359 g/mol. The van der Waals surface area contributed by atoms with Crippen LogP contribution >= 0.6 is 0 Å². The average Bonchev–Trinajstić information content (AvgIpc) is 2.41. The maximum atomic E-state index is 12.7. The Morgan fingerprint density at radius 2 is 1.80 bits per heavy atom. The monoisotopic (exact) mass is 359 g/mol. The van der Waals surface area contributed by atoms with E-state index in [0.717, 1.165) is 12.1 Å². The molecule has 0 radical (unpaired) electrons. The molecule has 1 N–H and O–H groups in total. The Balaban J connectivity index is 2.61. The highest BCUT2D eigenvalue weighted by Crippen LogP contribution is 2.30. The van der Waals surface area contributed by atoms with Crippen molar-refractivity contribution < 1.29 is 27.5 Å². The number of rotatable bonds is 5. The van der Waals surface area contributed by atoms with Gasteiger partial charge in [0.05, 0.1) is 5.56 Å². The van der Waals surface area contributed by atoms with Crippen LogP contribution in [0.5, 0.6) is 0 Å². The van der Waals surface area contributed by atoms with Gasteiger partial charge in [-0.2, -0.15) is 13.2 Å². The first kappa shape index (κ1) is 21.0. The van der Waals surface area contributed by atoms with Crippen molar-refractivity contribution >= 4 is 11.9 Å². The molecule has 4 nitrogen and oxygen atoms in total. The number of ketones is 1. The predicted octanol–water partition coefficient (Wildman–Crippen LogP) is 4.89. The number of halogens is 3. The molecule has 0 aromatic heterocycles. The number of Topliss-reactive ketones (excluding diaryl/α,β-unsaturated/α-hetero) is 1. The molecule has 0 heterocycles. The first-order chi connectivity index (χ1) is 11.3. The van der Waals surface area contributed by atoms with E-state index in [2.05, 4.69) is 5.32 Å². The summed E-state index contributed by atoms with van der Waals surface area (Å²) in [5.41, 5.74) is -0.681. The normalized spacial score (nSPS) is 13.3. The van der Waals surface area contributed by atoms with Gasteiger partial charge in [-0.15, -0.1) is 0 Å². The molecule has 7 heteroatoms. The van der Waals surface area contributed by atoms with Gasteiger partial charge in [-0.05, 0) is 58.7 Å². The van der Waals surface area contributed by atoms with E-state index in [1.54, 1.807) is 6.92 Å². The van der Waals surface area contributed by atoms with Gasteiger partial charge in [0.2, 0.25) is 0 Å². The van der Waals surface area contributed by atoms with E-state index in [4.69, 9.17) is 4.74 Å². The predicted molar refractivity (Wildman–Crippen MR) is 88.6 cm³/mol. The van der Waals surface area contributed by atoms with Crippen molar-refractivity contribution in [3.8, 4) is 0 Å². The van der Waals surface area contributed by atoms with E-state index in [-0.39, 0.29) is 29.8 Å². The summed E-state index contributed by atoms with van der Waals surface area (Å²) in [6, 6.07) is 3.05. The van der Waals surface area contributed by atoms with Gasteiger partial charge in [0.15, 0.2) is 5.78 Å². The molecule has 1 amide bonds. The Morgan fingerprint density at radius 1 is 1.20 bits per heavy atom. The third-order valence-electron chi connectivity index (χ3n) is 3.42. The van der Waals surface area contributed by atoms with Crippen LogP contribution in [0.1, 0.15) is 62.0 Å². The number of alkyl carbamates (subject to hydrolysis) is 1. The Bertz CT molecular complexity index is 633. The van der Waals surface area contributed by atoms with Crippen LogP contribution in [0.2, 0.25) is 0 Å². The van der Waals surface area contributed by atoms with Gasteiger partial charge in [-0.25, -0.2) is 4.79 Å². The van der Waals surface area contributed by atoms with Crippen molar-refractivity contribution in [3.05, 3.63) is 34.9 Å². The number of nitrogens with one attached hydrogen (secondary N) is 1. The topological polar surface area (TPSA) is 55.4 Å². The van der Waals surface area contributed by atoms with Gasteiger partial charge in [0, 0.05) is 17.5 Å². The lowest BCUT2D eigenvalue weighted by atomic mass is 9.98. The number of alkyl halides is 3. The summed E-state index contributed by atoms with van der Waals surface area (Å²) in [6.45, 7) is 8.58. The second-order valence-corrected chi connectivity index (χ2v) is 7.08. The van der Waals surface area contributed by atoms with Crippen molar-refractivity contribution in [2.24, 2.45) is 0 Å². The molecule has 0 spiro atoms. The molecule has 0 saturated heterocycles. The maximum absolute atomic E-state index is 12.7. The molecule has 140 valence electrons. The molecule has 0 aliphatic rings. The number of benzene rings is 1. The first-order valence-electron chi connectivity index (χ1n) is 7.99. The highest BCUT2D eigenvalue weighted by atomic mass is 19.4. The van der Waals surface area contributed by atoms with Crippen molar-refractivity contribution in [2.75, 3.05) is 0 Å². The third kappa shape index (κ3) is 7.15. The fourth-order valence-electron chi connectivity index (χ4n) is 2.20. The summed E-state index contributed by atoms with van der Waals surface area (Å²) < 4.78 is 43.1. The zero-order valence-electron chi connectivity index (χ0n) is 15.1. The van der Waals surface area contributed by atoms with Crippen LogP contribution in [0.25, 0.3) is 0 Å². The van der Waals surface area contributed by atoms with E-state index in [1.165, 1.54) is 13.0 Å². The van der Waals surface area contributed by atoms with Crippen LogP contribution in [0.3, 0.4) is 0 Å². The van der Waals surface area contributed by atoms with Gasteiger partial charge in [0.1, 0.15) is 6.10 Å². The fraction of sp³-hybridized carbons (Fsp3) is 0.556. The summed E-state index contributed by atoms with van der Waals surface area (Å²) in [4.78, 5) is 23.9. The molecule has 0 fully saturated rings. The summed E-state index contributed by atoms with van der Waals surface area (Å²) in [5.74, 6) is -0.280. The molecule has 0 aliphatic heterocycles. The molecular formula is C18H24F3NO3. The van der Waals surface area contributed by atoms with Crippen molar-refractivity contribution in [3.63, 3.8) is 0 Å².